The zero-order valence-electron chi connectivity index (χ0n) is 13.8. The number of benzene rings is 2. The molecule has 0 aromatic heterocycles. The van der Waals surface area contributed by atoms with Gasteiger partial charge in [-0.25, -0.2) is 0 Å². The van der Waals surface area contributed by atoms with Crippen LogP contribution in [0.25, 0.3) is 0 Å². The fraction of sp³-hybridized carbons (Fsp3) is 0.300. The van der Waals surface area contributed by atoms with Crippen molar-refractivity contribution in [3.63, 3.8) is 0 Å². The Kier molecular flexibility index (Phi) is 6.08. The Bertz CT molecular complexity index is 590. The van der Waals surface area contributed by atoms with Crippen LogP contribution in [-0.4, -0.2) is 6.54 Å². The molecule has 2 nitrogen and oxygen atoms in total. The highest BCUT2D eigenvalue weighted by atomic mass is 15.1. The second-order valence-electron chi connectivity index (χ2n) is 5.27. The van der Waals surface area contributed by atoms with Crippen LogP contribution in [0.4, 0.5) is 11.4 Å². The highest BCUT2D eigenvalue weighted by Crippen LogP contribution is 2.34. The van der Waals surface area contributed by atoms with E-state index in [4.69, 9.17) is 0 Å². The normalized spacial score (nSPS) is 16.7. The molecule has 0 spiro atoms. The molecular formula is C20H26N2. The molecule has 2 aromatic rings. The van der Waals surface area contributed by atoms with E-state index in [2.05, 4.69) is 59.7 Å². The summed E-state index contributed by atoms with van der Waals surface area (Å²) in [6.45, 7) is 7.38. The van der Waals surface area contributed by atoms with Gasteiger partial charge < -0.3 is 10.2 Å². The third kappa shape index (κ3) is 3.91. The van der Waals surface area contributed by atoms with Gasteiger partial charge >= 0.3 is 0 Å². The Morgan fingerprint density at radius 2 is 1.68 bits per heavy atom. The van der Waals surface area contributed by atoms with Crippen molar-refractivity contribution in [1.29, 1.82) is 0 Å². The van der Waals surface area contributed by atoms with Gasteiger partial charge in [0.15, 0.2) is 0 Å². The molecule has 1 aliphatic heterocycles. The van der Waals surface area contributed by atoms with Crippen molar-refractivity contribution in [2.45, 2.75) is 33.1 Å². The van der Waals surface area contributed by atoms with Crippen molar-refractivity contribution in [1.82, 2.24) is 0 Å². The Hall–Kier alpha value is -2.22. The number of para-hydroxylation sites is 2. The summed E-state index contributed by atoms with van der Waals surface area (Å²) in [5.74, 6) is 0.651. The van der Waals surface area contributed by atoms with Crippen molar-refractivity contribution in [3.05, 3.63) is 72.6 Å². The minimum Gasteiger partial charge on any atom is -0.360 e. The minimum atomic E-state index is 0.651. The Labute approximate surface area is 134 Å². The first-order valence-corrected chi connectivity index (χ1v) is 8.18. The van der Waals surface area contributed by atoms with E-state index in [0.29, 0.717) is 5.92 Å². The van der Waals surface area contributed by atoms with Crippen LogP contribution < -0.4 is 10.2 Å². The van der Waals surface area contributed by atoms with E-state index in [1.165, 1.54) is 17.7 Å². The van der Waals surface area contributed by atoms with Crippen molar-refractivity contribution < 1.29 is 0 Å². The third-order valence-corrected chi connectivity index (χ3v) is 3.86. The van der Waals surface area contributed by atoms with Gasteiger partial charge in [-0.15, -0.1) is 0 Å². The lowest BCUT2D eigenvalue weighted by atomic mass is 9.92. The average Bonchev–Trinajstić information content (AvgIpc) is 2.60. The fourth-order valence-corrected chi connectivity index (χ4v) is 2.69. The molecule has 0 fully saturated rings. The number of hydrogen-bond donors (Lipinski definition) is 1. The van der Waals surface area contributed by atoms with E-state index in [0.717, 1.165) is 12.2 Å². The SMILES string of the molecule is CC.CC1CCN(/C=C\Nc2ccccc2)c2ccccc21. The molecular weight excluding hydrogens is 268 g/mol. The fourth-order valence-electron chi connectivity index (χ4n) is 2.69. The molecule has 116 valence electrons. The van der Waals surface area contributed by atoms with Crippen molar-refractivity contribution in [2.75, 3.05) is 16.8 Å². The van der Waals surface area contributed by atoms with Crippen LogP contribution in [0, 0.1) is 0 Å². The second kappa shape index (κ2) is 8.28. The number of nitrogens with zero attached hydrogens (tertiary/aromatic N) is 1. The summed E-state index contributed by atoms with van der Waals surface area (Å²) in [5.41, 5.74) is 3.89. The van der Waals surface area contributed by atoms with Gasteiger partial charge in [0, 0.05) is 30.3 Å². The molecule has 22 heavy (non-hydrogen) atoms. The molecule has 1 aliphatic rings. The van der Waals surface area contributed by atoms with E-state index in [-0.39, 0.29) is 0 Å². The standard InChI is InChI=1S/C18H20N2.C2H6/c1-15-11-13-20(18-10-6-5-9-17(15)18)14-12-19-16-7-3-2-4-8-16;1-2/h2-10,12,14-15,19H,11,13H2,1H3;1-2H3/b14-12-;. The predicted molar refractivity (Wildman–Crippen MR) is 97.4 cm³/mol. The third-order valence-electron chi connectivity index (χ3n) is 3.86. The number of nitrogens with one attached hydrogen (secondary N) is 1. The molecule has 0 radical (unpaired) electrons. The van der Waals surface area contributed by atoms with Crippen LogP contribution in [0.15, 0.2) is 67.0 Å². The average molecular weight is 294 g/mol. The van der Waals surface area contributed by atoms with Gasteiger partial charge in [0.05, 0.1) is 0 Å². The molecule has 1 N–H and O–H groups in total. The Morgan fingerprint density at radius 3 is 2.45 bits per heavy atom. The molecule has 1 atom stereocenters. The summed E-state index contributed by atoms with van der Waals surface area (Å²) in [6, 6.07) is 18.9. The quantitative estimate of drug-likeness (QED) is 0.791. The lowest BCUT2D eigenvalue weighted by Gasteiger charge is -2.32. The molecule has 2 aromatic carbocycles. The summed E-state index contributed by atoms with van der Waals surface area (Å²) < 4.78 is 0. The Morgan fingerprint density at radius 1 is 1.00 bits per heavy atom. The maximum Gasteiger partial charge on any atom is 0.0441 e. The maximum absolute atomic E-state index is 3.31. The lowest BCUT2D eigenvalue weighted by molar-refractivity contribution is 0.647. The molecule has 0 saturated carbocycles. The molecule has 0 aliphatic carbocycles. The van der Waals surface area contributed by atoms with Gasteiger partial charge in [0.25, 0.3) is 0 Å². The van der Waals surface area contributed by atoms with Crippen LogP contribution >= 0.6 is 0 Å². The molecule has 3 rings (SSSR count). The summed E-state index contributed by atoms with van der Waals surface area (Å²) >= 11 is 0. The number of rotatable bonds is 3. The molecule has 0 amide bonds. The monoisotopic (exact) mass is 294 g/mol. The van der Waals surface area contributed by atoms with Crippen LogP contribution in [0.3, 0.4) is 0 Å². The predicted octanol–water partition coefficient (Wildman–Crippen LogP) is 5.61. The largest absolute Gasteiger partial charge is 0.360 e. The van der Waals surface area contributed by atoms with Crippen LogP contribution in [0.5, 0.6) is 0 Å². The van der Waals surface area contributed by atoms with E-state index >= 15 is 0 Å². The zero-order chi connectivity index (χ0) is 15.8. The van der Waals surface area contributed by atoms with Gasteiger partial charge in [-0.2, -0.15) is 0 Å². The Balaban J connectivity index is 0.000000847. The van der Waals surface area contributed by atoms with Gasteiger partial charge in [0.1, 0.15) is 0 Å². The van der Waals surface area contributed by atoms with E-state index in [9.17, 15) is 0 Å². The van der Waals surface area contributed by atoms with Crippen molar-refractivity contribution in [2.24, 2.45) is 0 Å². The summed E-state index contributed by atoms with van der Waals surface area (Å²) in [6.07, 6.45) is 5.35. The topological polar surface area (TPSA) is 15.3 Å². The molecule has 1 heterocycles. The van der Waals surface area contributed by atoms with Crippen LogP contribution in [-0.2, 0) is 0 Å². The second-order valence-corrected chi connectivity index (χ2v) is 5.27. The summed E-state index contributed by atoms with van der Waals surface area (Å²) in [4.78, 5) is 2.32. The van der Waals surface area contributed by atoms with E-state index in [1.54, 1.807) is 0 Å². The maximum atomic E-state index is 3.31. The van der Waals surface area contributed by atoms with Gasteiger partial charge in [-0.1, -0.05) is 57.2 Å². The van der Waals surface area contributed by atoms with Gasteiger partial charge in [-0.05, 0) is 36.1 Å². The first-order chi connectivity index (χ1) is 10.8. The molecule has 0 bridgehead atoms. The first-order valence-electron chi connectivity index (χ1n) is 8.18. The summed E-state index contributed by atoms with van der Waals surface area (Å²) in [5, 5.41) is 3.31. The van der Waals surface area contributed by atoms with E-state index < -0.39 is 0 Å². The van der Waals surface area contributed by atoms with Gasteiger partial charge in [0.2, 0.25) is 0 Å². The number of hydrogen-bond acceptors (Lipinski definition) is 2. The van der Waals surface area contributed by atoms with E-state index in [1.807, 2.05) is 38.2 Å². The summed E-state index contributed by atoms with van der Waals surface area (Å²) in [7, 11) is 0. The van der Waals surface area contributed by atoms with Crippen LogP contribution in [0.2, 0.25) is 0 Å². The molecule has 2 heteroatoms. The minimum absolute atomic E-state index is 0.651. The molecule has 1 unspecified atom stereocenters. The first kappa shape index (κ1) is 16.2. The van der Waals surface area contributed by atoms with Crippen molar-refractivity contribution in [3.8, 4) is 0 Å². The van der Waals surface area contributed by atoms with Gasteiger partial charge in [-0.3, -0.25) is 0 Å². The van der Waals surface area contributed by atoms with Crippen LogP contribution in [0.1, 0.15) is 38.7 Å². The van der Waals surface area contributed by atoms with Crippen molar-refractivity contribution >= 4 is 11.4 Å². The zero-order valence-corrected chi connectivity index (χ0v) is 13.8. The highest BCUT2D eigenvalue weighted by molar-refractivity contribution is 5.59. The number of anilines is 2. The molecule has 0 saturated heterocycles. The smallest absolute Gasteiger partial charge is 0.0441 e. The highest BCUT2D eigenvalue weighted by Gasteiger charge is 2.19. The number of fused-ring (bicyclic) bond motifs is 1. The lowest BCUT2D eigenvalue weighted by Crippen LogP contribution is -2.25.